The summed E-state index contributed by atoms with van der Waals surface area (Å²) >= 11 is 1.67. The Morgan fingerprint density at radius 2 is 1.88 bits per heavy atom. The number of piperazine rings is 1. The highest BCUT2D eigenvalue weighted by molar-refractivity contribution is 7.99. The zero-order chi connectivity index (χ0) is 17.9. The fourth-order valence-electron chi connectivity index (χ4n) is 3.14. The number of oxazole rings is 1. The van der Waals surface area contributed by atoms with Crippen LogP contribution < -0.4 is 4.90 Å². The van der Waals surface area contributed by atoms with Crippen molar-refractivity contribution in [2.45, 2.75) is 25.5 Å². The van der Waals surface area contributed by atoms with Gasteiger partial charge in [-0.05, 0) is 30.4 Å². The zero-order valence-corrected chi connectivity index (χ0v) is 16.0. The molecule has 1 aromatic carbocycles. The first-order valence-electron chi connectivity index (χ1n) is 8.99. The first-order chi connectivity index (χ1) is 12.7. The van der Waals surface area contributed by atoms with Gasteiger partial charge in [0, 0.05) is 50.7 Å². The number of fused-ring (bicyclic) bond motifs is 1. The fraction of sp³-hybridized carbons (Fsp3) is 0.421. The van der Waals surface area contributed by atoms with E-state index in [4.69, 9.17) is 4.42 Å². The van der Waals surface area contributed by atoms with Crippen LogP contribution in [0.5, 0.6) is 0 Å². The molecule has 1 fully saturated rings. The highest BCUT2D eigenvalue weighted by Gasteiger charge is 2.21. The molecule has 0 saturated carbocycles. The molecule has 0 spiro atoms. The van der Waals surface area contributed by atoms with Gasteiger partial charge in [0.25, 0.3) is 6.01 Å². The molecule has 1 saturated heterocycles. The smallest absolute Gasteiger partial charge is 0.298 e. The van der Waals surface area contributed by atoms with Gasteiger partial charge in [0.1, 0.15) is 5.52 Å². The van der Waals surface area contributed by atoms with Crippen molar-refractivity contribution in [3.63, 3.8) is 0 Å². The molecule has 3 aromatic rings. The van der Waals surface area contributed by atoms with Gasteiger partial charge in [0.15, 0.2) is 10.7 Å². The second-order valence-corrected chi connectivity index (χ2v) is 7.77. The molecular formula is C19H23N5OS. The molecule has 0 aliphatic carbocycles. The van der Waals surface area contributed by atoms with Crippen LogP contribution in [0.25, 0.3) is 11.1 Å². The number of hydrogen-bond acceptors (Lipinski definition) is 7. The lowest BCUT2D eigenvalue weighted by Crippen LogP contribution is -2.46. The molecule has 3 heterocycles. The molecule has 0 atom stereocenters. The molecule has 1 aliphatic heterocycles. The lowest BCUT2D eigenvalue weighted by molar-refractivity contribution is 0.245. The van der Waals surface area contributed by atoms with E-state index in [0.717, 1.165) is 66.3 Å². The van der Waals surface area contributed by atoms with Crippen LogP contribution in [0.1, 0.15) is 18.1 Å². The molecule has 1 aliphatic rings. The number of benzene rings is 1. The number of aromatic nitrogens is 3. The molecule has 0 unspecified atom stereocenters. The highest BCUT2D eigenvalue weighted by atomic mass is 32.2. The van der Waals surface area contributed by atoms with E-state index >= 15 is 0 Å². The second-order valence-electron chi connectivity index (χ2n) is 6.54. The zero-order valence-electron chi connectivity index (χ0n) is 15.2. The number of nitrogens with zero attached hydrogens (tertiary/aromatic N) is 5. The average molecular weight is 369 g/mol. The number of aryl methyl sites for hydroxylation is 1. The van der Waals surface area contributed by atoms with Crippen LogP contribution in [0.4, 0.5) is 6.01 Å². The maximum atomic E-state index is 5.95. The Morgan fingerprint density at radius 1 is 1.12 bits per heavy atom. The van der Waals surface area contributed by atoms with E-state index in [1.165, 1.54) is 5.56 Å². The van der Waals surface area contributed by atoms with Gasteiger partial charge in [-0.15, -0.1) is 0 Å². The topological polar surface area (TPSA) is 58.3 Å². The molecule has 0 amide bonds. The minimum absolute atomic E-state index is 0.731. The monoisotopic (exact) mass is 369 g/mol. The maximum Gasteiger partial charge on any atom is 0.298 e. The third-order valence-electron chi connectivity index (χ3n) is 4.54. The molecule has 136 valence electrons. The summed E-state index contributed by atoms with van der Waals surface area (Å²) in [7, 11) is 0. The maximum absolute atomic E-state index is 5.95. The van der Waals surface area contributed by atoms with Gasteiger partial charge < -0.3 is 9.32 Å². The van der Waals surface area contributed by atoms with Crippen LogP contribution in [-0.2, 0) is 6.54 Å². The SMILES string of the molecule is CCSc1ncc(CN2CCN(c3nc4ccc(C)cc4o3)CC2)cn1. The van der Waals surface area contributed by atoms with Crippen LogP contribution in [0.3, 0.4) is 0 Å². The Kier molecular flexibility index (Phi) is 5.08. The predicted molar refractivity (Wildman–Crippen MR) is 105 cm³/mol. The summed E-state index contributed by atoms with van der Waals surface area (Å²) in [6.45, 7) is 8.84. The fourth-order valence-corrected chi connectivity index (χ4v) is 3.65. The minimum Gasteiger partial charge on any atom is -0.423 e. The lowest BCUT2D eigenvalue weighted by atomic mass is 10.2. The third-order valence-corrected chi connectivity index (χ3v) is 5.29. The Labute approximate surface area is 157 Å². The summed E-state index contributed by atoms with van der Waals surface area (Å²) < 4.78 is 5.95. The van der Waals surface area contributed by atoms with Crippen molar-refractivity contribution in [2.24, 2.45) is 0 Å². The van der Waals surface area contributed by atoms with Gasteiger partial charge in [-0.3, -0.25) is 4.90 Å². The summed E-state index contributed by atoms with van der Waals surface area (Å²) in [6.07, 6.45) is 3.89. The van der Waals surface area contributed by atoms with Crippen molar-refractivity contribution < 1.29 is 4.42 Å². The summed E-state index contributed by atoms with van der Waals surface area (Å²) in [5, 5.41) is 0.854. The normalized spacial score (nSPS) is 15.7. The number of thioether (sulfide) groups is 1. The molecule has 4 rings (SSSR count). The Morgan fingerprint density at radius 3 is 2.62 bits per heavy atom. The van der Waals surface area contributed by atoms with Gasteiger partial charge in [-0.1, -0.05) is 24.8 Å². The molecule has 26 heavy (non-hydrogen) atoms. The quantitative estimate of drug-likeness (QED) is 0.505. The second kappa shape index (κ2) is 7.63. The Balaban J connectivity index is 1.35. The van der Waals surface area contributed by atoms with E-state index in [1.807, 2.05) is 24.5 Å². The number of rotatable bonds is 5. The van der Waals surface area contributed by atoms with E-state index in [0.29, 0.717) is 0 Å². The van der Waals surface area contributed by atoms with Crippen molar-refractivity contribution in [3.05, 3.63) is 41.7 Å². The number of hydrogen-bond donors (Lipinski definition) is 0. The van der Waals surface area contributed by atoms with Crippen molar-refractivity contribution >= 4 is 28.9 Å². The average Bonchev–Trinajstić information content (AvgIpc) is 3.07. The largest absolute Gasteiger partial charge is 0.423 e. The van der Waals surface area contributed by atoms with Crippen LogP contribution in [-0.4, -0.2) is 51.8 Å². The first kappa shape index (κ1) is 17.3. The van der Waals surface area contributed by atoms with E-state index < -0.39 is 0 Å². The van der Waals surface area contributed by atoms with Gasteiger partial charge in [0.2, 0.25) is 0 Å². The van der Waals surface area contributed by atoms with Crippen molar-refractivity contribution in [2.75, 3.05) is 36.8 Å². The Bertz CT molecular complexity index is 871. The minimum atomic E-state index is 0.731. The highest BCUT2D eigenvalue weighted by Crippen LogP contribution is 2.24. The molecule has 0 bridgehead atoms. The van der Waals surface area contributed by atoms with Gasteiger partial charge in [-0.2, -0.15) is 4.98 Å². The van der Waals surface area contributed by atoms with E-state index in [9.17, 15) is 0 Å². The third kappa shape index (κ3) is 3.83. The van der Waals surface area contributed by atoms with E-state index in [-0.39, 0.29) is 0 Å². The Hall–Kier alpha value is -2.12. The summed E-state index contributed by atoms with van der Waals surface area (Å²) in [5.41, 5.74) is 4.15. The first-order valence-corrected chi connectivity index (χ1v) is 9.98. The standard InChI is InChI=1S/C19H23N5OS/c1-3-26-18-20-11-15(12-21-18)13-23-6-8-24(9-7-23)19-22-16-5-4-14(2)10-17(16)25-19/h4-5,10-12H,3,6-9,13H2,1-2H3. The molecular weight excluding hydrogens is 346 g/mol. The van der Waals surface area contributed by atoms with Crippen LogP contribution >= 0.6 is 11.8 Å². The molecule has 7 heteroatoms. The van der Waals surface area contributed by atoms with Crippen LogP contribution in [0.2, 0.25) is 0 Å². The molecule has 2 aromatic heterocycles. The van der Waals surface area contributed by atoms with Gasteiger partial charge in [-0.25, -0.2) is 9.97 Å². The molecule has 0 radical (unpaired) electrons. The van der Waals surface area contributed by atoms with Crippen LogP contribution in [0.15, 0.2) is 40.2 Å². The predicted octanol–water partition coefficient (Wildman–Crippen LogP) is 3.36. The van der Waals surface area contributed by atoms with Gasteiger partial charge in [0.05, 0.1) is 0 Å². The summed E-state index contributed by atoms with van der Waals surface area (Å²) in [6, 6.07) is 6.87. The molecule has 6 nitrogen and oxygen atoms in total. The van der Waals surface area contributed by atoms with Crippen molar-refractivity contribution in [3.8, 4) is 0 Å². The summed E-state index contributed by atoms with van der Waals surface area (Å²) in [5.74, 6) is 0.997. The van der Waals surface area contributed by atoms with E-state index in [2.05, 4.69) is 44.7 Å². The number of anilines is 1. The molecule has 0 N–H and O–H groups in total. The van der Waals surface area contributed by atoms with Gasteiger partial charge >= 0.3 is 0 Å². The summed E-state index contributed by atoms with van der Waals surface area (Å²) in [4.78, 5) is 18.1. The van der Waals surface area contributed by atoms with E-state index in [1.54, 1.807) is 11.8 Å². The lowest BCUT2D eigenvalue weighted by Gasteiger charge is -2.33. The van der Waals surface area contributed by atoms with Crippen molar-refractivity contribution in [1.29, 1.82) is 0 Å². The van der Waals surface area contributed by atoms with Crippen LogP contribution in [0, 0.1) is 6.92 Å². The van der Waals surface area contributed by atoms with Crippen molar-refractivity contribution in [1.82, 2.24) is 19.9 Å².